The molecule has 3 N–H and O–H groups in total. The van der Waals surface area contributed by atoms with E-state index < -0.39 is 24.1 Å². The van der Waals surface area contributed by atoms with Crippen molar-refractivity contribution in [2.75, 3.05) is 5.01 Å². The van der Waals surface area contributed by atoms with Crippen LogP contribution in [0.4, 0.5) is 10.5 Å². The summed E-state index contributed by atoms with van der Waals surface area (Å²) < 4.78 is 0. The number of hydrogen-bond acceptors (Lipinski definition) is 5. The van der Waals surface area contributed by atoms with E-state index in [-0.39, 0.29) is 11.5 Å². The lowest BCUT2D eigenvalue weighted by Gasteiger charge is -2.25. The van der Waals surface area contributed by atoms with Gasteiger partial charge < -0.3 is 10.4 Å². The van der Waals surface area contributed by atoms with E-state index in [9.17, 15) is 19.5 Å². The number of nitrogens with one attached hydrogen (secondary N) is 2. The molecule has 8 heteroatoms. The fraction of sp³-hybridized carbons (Fsp3) is 0.294. The fourth-order valence-corrected chi connectivity index (χ4v) is 2.86. The Morgan fingerprint density at radius 2 is 1.92 bits per heavy atom. The number of benzene rings is 1. The van der Waals surface area contributed by atoms with Crippen molar-refractivity contribution in [2.45, 2.75) is 27.0 Å². The average molecular weight is 342 g/mol. The van der Waals surface area contributed by atoms with Gasteiger partial charge in [0.05, 0.1) is 17.0 Å². The predicted octanol–water partition coefficient (Wildman–Crippen LogP) is 0.726. The lowest BCUT2D eigenvalue weighted by atomic mass is 9.99. The van der Waals surface area contributed by atoms with Gasteiger partial charge in [0.1, 0.15) is 12.1 Å². The second-order valence-corrected chi connectivity index (χ2v) is 6.11. The van der Waals surface area contributed by atoms with Crippen LogP contribution in [0.2, 0.25) is 0 Å². The number of hydrogen-bond donors (Lipinski definition) is 3. The summed E-state index contributed by atoms with van der Waals surface area (Å²) in [5.74, 6) is -2.13. The van der Waals surface area contributed by atoms with E-state index >= 15 is 0 Å². The summed E-state index contributed by atoms with van der Waals surface area (Å²) in [4.78, 5) is 35.8. The number of aryl methyl sites for hydroxylation is 2. The van der Waals surface area contributed by atoms with Crippen LogP contribution >= 0.6 is 0 Å². The molecule has 0 radical (unpaired) electrons. The highest BCUT2D eigenvalue weighted by molar-refractivity contribution is 6.30. The van der Waals surface area contributed by atoms with E-state index in [1.165, 1.54) is 11.1 Å². The van der Waals surface area contributed by atoms with Gasteiger partial charge >= 0.3 is 6.03 Å². The van der Waals surface area contributed by atoms with E-state index in [2.05, 4.69) is 15.7 Å². The minimum Gasteiger partial charge on any atom is -0.372 e. The highest BCUT2D eigenvalue weighted by atomic mass is 16.3. The normalized spacial score (nSPS) is 25.1. The number of rotatable bonds is 2. The molecule has 2 aliphatic rings. The zero-order valence-corrected chi connectivity index (χ0v) is 14.0. The van der Waals surface area contributed by atoms with Crippen LogP contribution in [-0.2, 0) is 9.59 Å². The molecule has 1 aromatic rings. The Kier molecular flexibility index (Phi) is 4.13. The number of aliphatic hydroxyl groups is 1. The number of imide groups is 1. The van der Waals surface area contributed by atoms with Crippen LogP contribution in [0.15, 0.2) is 34.9 Å². The molecular formula is C17H18N4O4. The summed E-state index contributed by atoms with van der Waals surface area (Å²) in [6.45, 7) is 5.49. The molecule has 1 saturated heterocycles. The predicted molar refractivity (Wildman–Crippen MR) is 90.8 cm³/mol. The van der Waals surface area contributed by atoms with Crippen molar-refractivity contribution in [1.82, 2.24) is 10.6 Å². The number of anilines is 1. The molecule has 2 atom stereocenters. The highest BCUT2D eigenvalue weighted by Crippen LogP contribution is 2.28. The molecule has 0 aliphatic carbocycles. The third-order valence-corrected chi connectivity index (χ3v) is 4.15. The molecule has 0 saturated carbocycles. The van der Waals surface area contributed by atoms with Gasteiger partial charge in [0.25, 0.3) is 5.91 Å². The summed E-state index contributed by atoms with van der Waals surface area (Å²) in [5.41, 5.74) is 3.27. The Balaban J connectivity index is 1.92. The molecule has 130 valence electrons. The van der Waals surface area contributed by atoms with Gasteiger partial charge in [-0.1, -0.05) is 23.8 Å². The topological polar surface area (TPSA) is 111 Å². The first-order valence-corrected chi connectivity index (χ1v) is 7.76. The number of urea groups is 1. The van der Waals surface area contributed by atoms with Crippen molar-refractivity contribution in [3.63, 3.8) is 0 Å². The second-order valence-electron chi connectivity index (χ2n) is 6.11. The Hall–Kier alpha value is -3.00. The quantitative estimate of drug-likeness (QED) is 0.688. The summed E-state index contributed by atoms with van der Waals surface area (Å²) in [7, 11) is 0. The van der Waals surface area contributed by atoms with Crippen LogP contribution in [0.3, 0.4) is 0 Å². The standard InChI is InChI=1S/C17H18N4O4/c1-8-4-5-13(9(2)6-8)21-16(24)11(10(3)20-21)7-12-14(22)18-17(25)19-15(12)23/h4-7,12,14,22H,1-3H3,(H2,18,19,23,25)/b11-7-. The van der Waals surface area contributed by atoms with Crippen molar-refractivity contribution < 1.29 is 19.5 Å². The third-order valence-electron chi connectivity index (χ3n) is 4.15. The van der Waals surface area contributed by atoms with Crippen molar-refractivity contribution in [2.24, 2.45) is 11.0 Å². The van der Waals surface area contributed by atoms with Gasteiger partial charge in [-0.15, -0.1) is 0 Å². The molecular weight excluding hydrogens is 324 g/mol. The first-order chi connectivity index (χ1) is 11.8. The van der Waals surface area contributed by atoms with E-state index in [0.29, 0.717) is 11.4 Å². The lowest BCUT2D eigenvalue weighted by molar-refractivity contribution is -0.127. The van der Waals surface area contributed by atoms with Gasteiger partial charge in [0.15, 0.2) is 0 Å². The van der Waals surface area contributed by atoms with Gasteiger partial charge in [0, 0.05) is 0 Å². The summed E-state index contributed by atoms with van der Waals surface area (Å²) >= 11 is 0. The molecule has 3 rings (SSSR count). The minimum atomic E-state index is -1.40. The molecule has 25 heavy (non-hydrogen) atoms. The minimum absolute atomic E-state index is 0.218. The number of nitrogens with zero attached hydrogens (tertiary/aromatic N) is 2. The van der Waals surface area contributed by atoms with Gasteiger partial charge in [-0.3, -0.25) is 14.9 Å². The number of amides is 4. The van der Waals surface area contributed by atoms with Crippen molar-refractivity contribution in [3.05, 3.63) is 41.0 Å². The molecule has 8 nitrogen and oxygen atoms in total. The van der Waals surface area contributed by atoms with Crippen LogP contribution in [0.5, 0.6) is 0 Å². The zero-order chi connectivity index (χ0) is 18.3. The Morgan fingerprint density at radius 3 is 2.56 bits per heavy atom. The molecule has 2 aliphatic heterocycles. The van der Waals surface area contributed by atoms with Crippen LogP contribution in [0.25, 0.3) is 0 Å². The molecule has 4 amide bonds. The molecule has 1 aromatic carbocycles. The maximum atomic E-state index is 12.7. The van der Waals surface area contributed by atoms with Gasteiger partial charge in [-0.25, -0.2) is 4.79 Å². The molecule has 2 unspecified atom stereocenters. The van der Waals surface area contributed by atoms with Crippen LogP contribution in [-0.4, -0.2) is 34.9 Å². The molecule has 2 heterocycles. The maximum Gasteiger partial charge on any atom is 0.323 e. The van der Waals surface area contributed by atoms with Crippen LogP contribution in [0, 0.1) is 19.8 Å². The molecule has 1 fully saturated rings. The molecule has 0 bridgehead atoms. The number of hydrazone groups is 1. The van der Waals surface area contributed by atoms with Crippen molar-refractivity contribution >= 4 is 29.2 Å². The smallest absolute Gasteiger partial charge is 0.323 e. The van der Waals surface area contributed by atoms with E-state index in [1.54, 1.807) is 6.92 Å². The summed E-state index contributed by atoms with van der Waals surface area (Å²) in [6.07, 6.45) is -0.0612. The first-order valence-electron chi connectivity index (χ1n) is 7.76. The highest BCUT2D eigenvalue weighted by Gasteiger charge is 2.36. The third kappa shape index (κ3) is 3.03. The van der Waals surface area contributed by atoms with Crippen LogP contribution < -0.4 is 15.6 Å². The van der Waals surface area contributed by atoms with Gasteiger partial charge in [-0.2, -0.15) is 10.1 Å². The second kappa shape index (κ2) is 6.14. The lowest BCUT2D eigenvalue weighted by Crippen LogP contribution is -2.57. The average Bonchev–Trinajstić information content (AvgIpc) is 2.78. The van der Waals surface area contributed by atoms with Crippen molar-refractivity contribution in [1.29, 1.82) is 0 Å². The Bertz CT molecular complexity index is 843. The van der Waals surface area contributed by atoms with Crippen molar-refractivity contribution in [3.8, 4) is 0 Å². The fourth-order valence-electron chi connectivity index (χ4n) is 2.86. The summed E-state index contributed by atoms with van der Waals surface area (Å²) in [5, 5.41) is 19.7. The van der Waals surface area contributed by atoms with Gasteiger partial charge in [0.2, 0.25) is 5.91 Å². The zero-order valence-electron chi connectivity index (χ0n) is 14.0. The summed E-state index contributed by atoms with van der Waals surface area (Å²) in [6, 6.07) is 4.87. The first kappa shape index (κ1) is 16.8. The maximum absolute atomic E-state index is 12.7. The SMILES string of the molecule is CC1=NN(c2ccc(C)cc2C)C(=O)/C1=C\C1C(=O)NC(=O)NC1O. The number of carbonyl (C=O) groups excluding carboxylic acids is 3. The molecule has 0 aromatic heterocycles. The van der Waals surface area contributed by atoms with E-state index in [1.807, 2.05) is 32.0 Å². The Morgan fingerprint density at radius 1 is 1.20 bits per heavy atom. The number of aliphatic hydroxyl groups excluding tert-OH is 1. The monoisotopic (exact) mass is 342 g/mol. The number of carbonyl (C=O) groups is 3. The molecule has 0 spiro atoms. The van der Waals surface area contributed by atoms with E-state index in [0.717, 1.165) is 11.1 Å². The van der Waals surface area contributed by atoms with Crippen LogP contribution in [0.1, 0.15) is 18.1 Å². The van der Waals surface area contributed by atoms with E-state index in [4.69, 9.17) is 0 Å². The largest absolute Gasteiger partial charge is 0.372 e. The van der Waals surface area contributed by atoms with Gasteiger partial charge in [-0.05, 0) is 32.4 Å². The Labute approximate surface area is 144 Å².